The number of carboxylic acid groups (broad SMARTS) is 1. The quantitative estimate of drug-likeness (QED) is 0.774. The van der Waals surface area contributed by atoms with Crippen LogP contribution in [0.2, 0.25) is 0 Å². The molecule has 21 heavy (non-hydrogen) atoms. The van der Waals surface area contributed by atoms with Crippen molar-refractivity contribution in [3.63, 3.8) is 0 Å². The Morgan fingerprint density at radius 3 is 2.29 bits per heavy atom. The predicted octanol–water partition coefficient (Wildman–Crippen LogP) is 1.94. The molecule has 5 heteroatoms. The summed E-state index contributed by atoms with van der Waals surface area (Å²) in [7, 11) is 0. The summed E-state index contributed by atoms with van der Waals surface area (Å²) in [6, 6.07) is 5.69. The Labute approximate surface area is 124 Å². The fourth-order valence-corrected chi connectivity index (χ4v) is 2.83. The number of rotatable bonds is 5. The Hall–Kier alpha value is -1.88. The normalized spacial score (nSPS) is 17.2. The van der Waals surface area contributed by atoms with Gasteiger partial charge in [0.05, 0.1) is 6.61 Å². The van der Waals surface area contributed by atoms with Crippen molar-refractivity contribution >= 4 is 11.9 Å². The van der Waals surface area contributed by atoms with Gasteiger partial charge in [-0.1, -0.05) is 31.4 Å². The summed E-state index contributed by atoms with van der Waals surface area (Å²) in [5.74, 6) is -1.34. The van der Waals surface area contributed by atoms with Crippen LogP contribution in [0.4, 0.5) is 0 Å². The molecule has 1 atom stereocenters. The van der Waals surface area contributed by atoms with Crippen molar-refractivity contribution < 1.29 is 19.8 Å². The number of benzene rings is 1. The molecule has 1 aromatic carbocycles. The molecule has 1 aromatic rings. The van der Waals surface area contributed by atoms with E-state index in [-0.39, 0.29) is 18.4 Å². The van der Waals surface area contributed by atoms with E-state index in [4.69, 9.17) is 5.11 Å². The van der Waals surface area contributed by atoms with E-state index in [0.717, 1.165) is 32.1 Å². The first-order valence-corrected chi connectivity index (χ1v) is 7.35. The minimum Gasteiger partial charge on any atom is -0.480 e. The highest BCUT2D eigenvalue weighted by Crippen LogP contribution is 2.26. The molecule has 1 aliphatic carbocycles. The lowest BCUT2D eigenvalue weighted by Crippen LogP contribution is -2.46. The van der Waals surface area contributed by atoms with Crippen LogP contribution in [0.5, 0.6) is 0 Å². The molecule has 0 spiro atoms. The average molecular weight is 291 g/mol. The van der Waals surface area contributed by atoms with Crippen molar-refractivity contribution in [1.29, 1.82) is 0 Å². The highest BCUT2D eigenvalue weighted by atomic mass is 16.4. The summed E-state index contributed by atoms with van der Waals surface area (Å²) in [4.78, 5) is 23.6. The van der Waals surface area contributed by atoms with Crippen LogP contribution < -0.4 is 5.32 Å². The first kappa shape index (κ1) is 15.5. The van der Waals surface area contributed by atoms with Gasteiger partial charge in [-0.15, -0.1) is 0 Å². The van der Waals surface area contributed by atoms with Crippen molar-refractivity contribution in [3.8, 4) is 0 Å². The fourth-order valence-electron chi connectivity index (χ4n) is 2.83. The van der Waals surface area contributed by atoms with Gasteiger partial charge < -0.3 is 15.5 Å². The van der Waals surface area contributed by atoms with E-state index in [1.54, 1.807) is 24.3 Å². The van der Waals surface area contributed by atoms with Gasteiger partial charge in [0.1, 0.15) is 6.04 Å². The number of carbonyl (C=O) groups is 2. The second-order valence-electron chi connectivity index (χ2n) is 5.54. The van der Waals surface area contributed by atoms with Gasteiger partial charge in [-0.3, -0.25) is 4.79 Å². The second kappa shape index (κ2) is 7.22. The number of aliphatic carboxylic acids is 1. The van der Waals surface area contributed by atoms with Crippen LogP contribution >= 0.6 is 0 Å². The molecule has 1 fully saturated rings. The van der Waals surface area contributed by atoms with E-state index in [0.29, 0.717) is 11.1 Å². The van der Waals surface area contributed by atoms with Crippen molar-refractivity contribution in [2.24, 2.45) is 5.92 Å². The predicted molar refractivity (Wildman–Crippen MR) is 77.8 cm³/mol. The minimum absolute atomic E-state index is 0.0110. The first-order valence-electron chi connectivity index (χ1n) is 7.35. The van der Waals surface area contributed by atoms with Crippen molar-refractivity contribution in [1.82, 2.24) is 5.32 Å². The summed E-state index contributed by atoms with van der Waals surface area (Å²) >= 11 is 0. The van der Waals surface area contributed by atoms with Crippen LogP contribution in [0.25, 0.3) is 0 Å². The molecule has 0 aliphatic heterocycles. The van der Waals surface area contributed by atoms with Crippen LogP contribution in [-0.2, 0) is 11.4 Å². The molecule has 0 aromatic heterocycles. The van der Waals surface area contributed by atoms with Crippen LogP contribution in [0, 0.1) is 5.92 Å². The van der Waals surface area contributed by atoms with E-state index in [1.807, 2.05) is 0 Å². The molecular formula is C16H21NO4. The lowest BCUT2D eigenvalue weighted by atomic mass is 9.84. The van der Waals surface area contributed by atoms with E-state index in [2.05, 4.69) is 5.32 Å². The highest BCUT2D eigenvalue weighted by molar-refractivity contribution is 5.96. The molecule has 0 heterocycles. The number of nitrogens with one attached hydrogen (secondary N) is 1. The lowest BCUT2D eigenvalue weighted by molar-refractivity contribution is -0.141. The minimum atomic E-state index is -0.970. The van der Waals surface area contributed by atoms with Crippen molar-refractivity contribution in [2.45, 2.75) is 44.8 Å². The molecule has 1 aliphatic rings. The summed E-state index contributed by atoms with van der Waals surface area (Å²) in [5.41, 5.74) is 1.13. The average Bonchev–Trinajstić information content (AvgIpc) is 2.53. The van der Waals surface area contributed by atoms with Gasteiger partial charge >= 0.3 is 5.97 Å². The van der Waals surface area contributed by atoms with E-state index in [1.165, 1.54) is 0 Å². The van der Waals surface area contributed by atoms with E-state index >= 15 is 0 Å². The Morgan fingerprint density at radius 1 is 1.14 bits per heavy atom. The third-order valence-corrected chi connectivity index (χ3v) is 4.07. The molecule has 3 N–H and O–H groups in total. The zero-order valence-corrected chi connectivity index (χ0v) is 11.9. The number of hydrogen-bond acceptors (Lipinski definition) is 3. The van der Waals surface area contributed by atoms with Gasteiger partial charge in [0.15, 0.2) is 0 Å². The number of aliphatic hydroxyl groups excluding tert-OH is 1. The Morgan fingerprint density at radius 2 is 1.76 bits per heavy atom. The van der Waals surface area contributed by atoms with Gasteiger partial charge in [0.2, 0.25) is 0 Å². The molecule has 0 saturated heterocycles. The Balaban J connectivity index is 2.04. The number of amides is 1. The van der Waals surface area contributed by atoms with Crippen LogP contribution in [-0.4, -0.2) is 28.1 Å². The SMILES string of the molecule is O=C(NC(C(=O)O)C1CCCCC1)c1ccc(CO)cc1. The Bertz CT molecular complexity index is 492. The van der Waals surface area contributed by atoms with Gasteiger partial charge in [0.25, 0.3) is 5.91 Å². The summed E-state index contributed by atoms with van der Waals surface area (Å²) in [6.07, 6.45) is 4.88. The molecule has 0 radical (unpaired) electrons. The van der Waals surface area contributed by atoms with E-state index in [9.17, 15) is 14.7 Å². The van der Waals surface area contributed by atoms with Gasteiger partial charge in [-0.05, 0) is 36.5 Å². The second-order valence-corrected chi connectivity index (χ2v) is 5.54. The monoisotopic (exact) mass is 291 g/mol. The van der Waals surface area contributed by atoms with Crippen LogP contribution in [0.1, 0.15) is 48.0 Å². The number of carbonyl (C=O) groups excluding carboxylic acids is 1. The van der Waals surface area contributed by atoms with Crippen molar-refractivity contribution in [3.05, 3.63) is 35.4 Å². The molecule has 1 amide bonds. The maximum absolute atomic E-state index is 12.2. The van der Waals surface area contributed by atoms with Gasteiger partial charge in [-0.25, -0.2) is 4.79 Å². The number of carboxylic acids is 1. The largest absolute Gasteiger partial charge is 0.480 e. The van der Waals surface area contributed by atoms with E-state index < -0.39 is 12.0 Å². The fraction of sp³-hybridized carbons (Fsp3) is 0.500. The zero-order chi connectivity index (χ0) is 15.2. The molecule has 5 nitrogen and oxygen atoms in total. The molecule has 0 bridgehead atoms. The first-order chi connectivity index (χ1) is 10.1. The molecular weight excluding hydrogens is 270 g/mol. The maximum atomic E-state index is 12.2. The summed E-state index contributed by atoms with van der Waals surface area (Å²) < 4.78 is 0. The third kappa shape index (κ3) is 4.04. The maximum Gasteiger partial charge on any atom is 0.326 e. The number of hydrogen-bond donors (Lipinski definition) is 3. The lowest BCUT2D eigenvalue weighted by Gasteiger charge is -2.28. The van der Waals surface area contributed by atoms with Crippen LogP contribution in [0.15, 0.2) is 24.3 Å². The Kier molecular flexibility index (Phi) is 5.33. The van der Waals surface area contributed by atoms with Gasteiger partial charge in [-0.2, -0.15) is 0 Å². The standard InChI is InChI=1S/C16H21NO4/c18-10-11-6-8-13(9-7-11)15(19)17-14(16(20)21)12-4-2-1-3-5-12/h6-9,12,14,18H,1-5,10H2,(H,17,19)(H,20,21). The summed E-state index contributed by atoms with van der Waals surface area (Å²) in [6.45, 7) is -0.0816. The third-order valence-electron chi connectivity index (χ3n) is 4.07. The molecule has 114 valence electrons. The van der Waals surface area contributed by atoms with Gasteiger partial charge in [0, 0.05) is 5.56 Å². The molecule has 1 unspecified atom stereocenters. The topological polar surface area (TPSA) is 86.6 Å². The van der Waals surface area contributed by atoms with Crippen molar-refractivity contribution in [2.75, 3.05) is 0 Å². The zero-order valence-electron chi connectivity index (χ0n) is 11.9. The smallest absolute Gasteiger partial charge is 0.326 e. The highest BCUT2D eigenvalue weighted by Gasteiger charge is 2.30. The summed E-state index contributed by atoms with van der Waals surface area (Å²) in [5, 5.41) is 21.0. The molecule has 2 rings (SSSR count). The van der Waals surface area contributed by atoms with Crippen LogP contribution in [0.3, 0.4) is 0 Å². The number of aliphatic hydroxyl groups is 1. The molecule has 1 saturated carbocycles.